The monoisotopic (exact) mass is 766 g/mol. The molecule has 2 aliphatic carbocycles. The molecule has 0 aromatic heterocycles. The summed E-state index contributed by atoms with van der Waals surface area (Å²) in [6, 6.07) is 31.3. The van der Waals surface area contributed by atoms with E-state index in [-0.39, 0.29) is 12.2 Å². The molecule has 0 radical (unpaired) electrons. The first kappa shape index (κ1) is 31.0. The topological polar surface area (TPSA) is 18.5 Å². The van der Waals surface area contributed by atoms with Gasteiger partial charge in [0.05, 0.1) is 0 Å². The standard InChI is InChI=1S/2C18H17O.C2H6Si.2CH3.Hf/c2*1-13(2)19-16-11-9-15(10-12-16)18-8-4-6-14-5-3-7-17(14)18;1-3-2;;;/h2*3-13H,1-2H3;1-2H3;2*1H3;. The molecule has 0 heterocycles. The average Bonchev–Trinajstić information content (AvgIpc) is 3.64. The molecule has 0 bridgehead atoms. The molecule has 2 aliphatic rings. The van der Waals surface area contributed by atoms with Gasteiger partial charge in [-0.2, -0.15) is 0 Å². The summed E-state index contributed by atoms with van der Waals surface area (Å²) in [5.74, 6) is 1.85. The van der Waals surface area contributed by atoms with Crippen LogP contribution in [0.4, 0.5) is 0 Å². The third-order valence-electron chi connectivity index (χ3n) is 10.4. The van der Waals surface area contributed by atoms with Crippen LogP contribution in [-0.2, 0) is 17.1 Å². The second-order valence-corrected chi connectivity index (χ2v) is 63.2. The molecule has 2 atom stereocenters. The summed E-state index contributed by atoms with van der Waals surface area (Å²) in [5.41, 5.74) is 10.4. The molecule has 0 spiro atoms. The first-order valence-electron chi connectivity index (χ1n) is 16.1. The number of hydrogen-bond acceptors (Lipinski definition) is 2. The summed E-state index contributed by atoms with van der Waals surface area (Å²) in [4.78, 5) is 0. The van der Waals surface area contributed by atoms with Crippen LogP contribution in [0.3, 0.4) is 0 Å². The molecular formula is C40H46HfO2Si. The van der Waals surface area contributed by atoms with E-state index in [9.17, 15) is 0 Å². The van der Waals surface area contributed by atoms with Gasteiger partial charge in [-0.15, -0.1) is 0 Å². The minimum atomic E-state index is -3.74. The summed E-state index contributed by atoms with van der Waals surface area (Å²) in [7, 11) is 0. The number of hydrogen-bond donors (Lipinski definition) is 0. The molecule has 44 heavy (non-hydrogen) atoms. The van der Waals surface area contributed by atoms with Gasteiger partial charge in [-0.25, -0.2) is 0 Å². The molecule has 6 rings (SSSR count). The van der Waals surface area contributed by atoms with Crippen LogP contribution in [0.25, 0.3) is 34.4 Å². The minimum absolute atomic E-state index is 0.173. The second-order valence-electron chi connectivity index (χ2n) is 14.3. The van der Waals surface area contributed by atoms with Gasteiger partial charge in [0.2, 0.25) is 0 Å². The van der Waals surface area contributed by atoms with Gasteiger partial charge in [-0.1, -0.05) is 0 Å². The Morgan fingerprint density at radius 3 is 1.30 bits per heavy atom. The Morgan fingerprint density at radius 1 is 0.568 bits per heavy atom. The fourth-order valence-corrected chi connectivity index (χ4v) is 41.3. The third kappa shape index (κ3) is 5.32. The maximum atomic E-state index is 5.93. The summed E-state index contributed by atoms with van der Waals surface area (Å²) in [6.07, 6.45) is 10.4. The van der Waals surface area contributed by atoms with Crippen LogP contribution >= 0.6 is 0 Å². The molecule has 4 heteroatoms. The molecule has 0 saturated carbocycles. The Bertz CT molecular complexity index is 1710. The Labute approximate surface area is 265 Å². The number of benzene rings is 4. The molecule has 0 fully saturated rings. The van der Waals surface area contributed by atoms with Crippen molar-refractivity contribution in [3.05, 3.63) is 119 Å². The van der Waals surface area contributed by atoms with Crippen molar-refractivity contribution in [2.24, 2.45) is 0 Å². The van der Waals surface area contributed by atoms with Gasteiger partial charge < -0.3 is 0 Å². The summed E-state index contributed by atoms with van der Waals surface area (Å²) in [6.45, 7) is 13.5. The van der Waals surface area contributed by atoms with Gasteiger partial charge >= 0.3 is 267 Å². The van der Waals surface area contributed by atoms with Crippen LogP contribution in [0.5, 0.6) is 11.5 Å². The molecular weight excluding hydrogens is 719 g/mol. The first-order valence-corrected chi connectivity index (χ1v) is 35.4. The van der Waals surface area contributed by atoms with Crippen molar-refractivity contribution in [1.82, 2.24) is 0 Å². The van der Waals surface area contributed by atoms with Crippen LogP contribution in [0.15, 0.2) is 97.1 Å². The first-order chi connectivity index (χ1) is 21.0. The number of rotatable bonds is 8. The zero-order chi connectivity index (χ0) is 31.2. The predicted molar refractivity (Wildman–Crippen MR) is 188 cm³/mol. The van der Waals surface area contributed by atoms with E-state index in [2.05, 4.69) is 159 Å². The van der Waals surface area contributed by atoms with E-state index in [4.69, 9.17) is 9.47 Å². The Balaban J connectivity index is 1.40. The normalized spacial score (nSPS) is 17.2. The van der Waals surface area contributed by atoms with Crippen LogP contribution < -0.4 is 9.47 Å². The van der Waals surface area contributed by atoms with Gasteiger partial charge in [0, 0.05) is 0 Å². The van der Waals surface area contributed by atoms with Crippen molar-refractivity contribution in [3.8, 4) is 33.8 Å². The van der Waals surface area contributed by atoms with Crippen LogP contribution in [-0.4, -0.2) is 17.7 Å². The summed E-state index contributed by atoms with van der Waals surface area (Å²) >= 11 is -3.74. The van der Waals surface area contributed by atoms with Crippen LogP contribution in [0.1, 0.15) is 57.3 Å². The van der Waals surface area contributed by atoms with E-state index in [1.165, 1.54) is 44.5 Å². The van der Waals surface area contributed by atoms with E-state index in [1.807, 2.05) is 0 Å². The quantitative estimate of drug-likeness (QED) is 0.166. The van der Waals surface area contributed by atoms with Gasteiger partial charge in [0.25, 0.3) is 0 Å². The van der Waals surface area contributed by atoms with E-state index in [0.29, 0.717) is 7.35 Å². The molecule has 2 nitrogen and oxygen atoms in total. The van der Waals surface area contributed by atoms with E-state index in [1.54, 1.807) is 0 Å². The zero-order valence-electron chi connectivity index (χ0n) is 27.5. The van der Waals surface area contributed by atoms with E-state index >= 15 is 0 Å². The van der Waals surface area contributed by atoms with Crippen molar-refractivity contribution in [2.75, 3.05) is 0 Å². The maximum absolute atomic E-state index is 5.93. The fraction of sp³-hybridized carbons (Fsp3) is 0.300. The molecule has 0 saturated heterocycles. The van der Waals surface area contributed by atoms with E-state index < -0.39 is 22.6 Å². The van der Waals surface area contributed by atoms with Gasteiger partial charge in [-0.05, 0) is 0 Å². The zero-order valence-corrected chi connectivity index (χ0v) is 32.1. The van der Waals surface area contributed by atoms with Crippen molar-refractivity contribution >= 4 is 17.6 Å². The van der Waals surface area contributed by atoms with Crippen molar-refractivity contribution in [3.63, 3.8) is 0 Å². The number of allylic oxidation sites excluding steroid dienone is 2. The van der Waals surface area contributed by atoms with Gasteiger partial charge in [0.1, 0.15) is 0 Å². The van der Waals surface area contributed by atoms with Crippen molar-refractivity contribution < 1.29 is 26.6 Å². The molecule has 0 aliphatic heterocycles. The number of ether oxygens (including phenoxy) is 2. The molecule has 2 unspecified atom stereocenters. The molecule has 0 amide bonds. The van der Waals surface area contributed by atoms with Crippen molar-refractivity contribution in [2.45, 2.75) is 69.7 Å². The summed E-state index contributed by atoms with van der Waals surface area (Å²) < 4.78 is 18.5. The van der Waals surface area contributed by atoms with Crippen LogP contribution in [0, 0.1) is 0 Å². The molecule has 4 aromatic carbocycles. The predicted octanol–water partition coefficient (Wildman–Crippen LogP) is 11.5. The SMILES string of the molecule is CC(C)Oc1ccc(-c2cccc3c2C=C[CH]3[Hf]([CH3])([CH3])([CH]2C=Cc3c(-c4ccc(OC(C)C)cc4)cccc32)=[Si](C)C)cc1. The molecule has 0 N–H and O–H groups in total. The third-order valence-corrected chi connectivity index (χ3v) is 70.0. The second kappa shape index (κ2) is 11.8. The summed E-state index contributed by atoms with van der Waals surface area (Å²) in [5, 5.41) is 0. The van der Waals surface area contributed by atoms with Gasteiger partial charge in [0.15, 0.2) is 0 Å². The average molecular weight is 765 g/mol. The number of fused-ring (bicyclic) bond motifs is 2. The molecule has 4 aromatic rings. The van der Waals surface area contributed by atoms with Crippen LogP contribution in [0.2, 0.25) is 22.5 Å². The Kier molecular flexibility index (Phi) is 8.30. The Morgan fingerprint density at radius 2 is 0.955 bits per heavy atom. The van der Waals surface area contributed by atoms with E-state index in [0.717, 1.165) is 11.5 Å². The Hall–Kier alpha value is -2.95. The fourth-order valence-electron chi connectivity index (χ4n) is 7.51. The van der Waals surface area contributed by atoms with Gasteiger partial charge in [-0.3, -0.25) is 0 Å². The van der Waals surface area contributed by atoms with Crippen molar-refractivity contribution in [1.29, 1.82) is 0 Å². The molecule has 226 valence electrons.